The molecule has 1 amide bonds. The number of anilines is 1. The van der Waals surface area contributed by atoms with Crippen molar-refractivity contribution in [3.8, 4) is 5.75 Å². The highest BCUT2D eigenvalue weighted by molar-refractivity contribution is 7.92. The maximum atomic E-state index is 12.7. The fraction of sp³-hybridized carbons (Fsp3) is 0.611. The number of methoxy groups -OCH3 is 1. The third-order valence-electron chi connectivity index (χ3n) is 4.75. The van der Waals surface area contributed by atoms with E-state index in [1.165, 1.54) is 7.11 Å². The third-order valence-corrected chi connectivity index (χ3v) is 5.34. The van der Waals surface area contributed by atoms with Crippen molar-refractivity contribution in [3.05, 3.63) is 23.3 Å². The quantitative estimate of drug-likeness (QED) is 0.715. The lowest BCUT2D eigenvalue weighted by Crippen LogP contribution is -2.40. The van der Waals surface area contributed by atoms with Gasteiger partial charge in [-0.25, -0.2) is 8.42 Å². The minimum atomic E-state index is -3.44. The number of ether oxygens (including phenoxy) is 1. The molecule has 1 aromatic rings. The van der Waals surface area contributed by atoms with Crippen LogP contribution in [0.25, 0.3) is 0 Å². The van der Waals surface area contributed by atoms with Crippen LogP contribution >= 0.6 is 0 Å². The van der Waals surface area contributed by atoms with Gasteiger partial charge in [0.1, 0.15) is 5.75 Å². The first-order valence-electron chi connectivity index (χ1n) is 9.00. The Bertz CT molecular complexity index is 749. The van der Waals surface area contributed by atoms with Crippen molar-refractivity contribution < 1.29 is 17.9 Å². The van der Waals surface area contributed by atoms with E-state index in [4.69, 9.17) is 4.74 Å². The van der Waals surface area contributed by atoms with Crippen molar-refractivity contribution >= 4 is 21.6 Å². The van der Waals surface area contributed by atoms with Crippen LogP contribution in [-0.2, 0) is 16.4 Å². The second-order valence-corrected chi connectivity index (χ2v) is 8.32. The van der Waals surface area contributed by atoms with Gasteiger partial charge in [0.15, 0.2) is 0 Å². The Kier molecular flexibility index (Phi) is 6.88. The smallest absolute Gasteiger partial charge is 0.255 e. The van der Waals surface area contributed by atoms with Crippen molar-refractivity contribution in [2.45, 2.75) is 39.2 Å². The molecule has 0 aliphatic carbocycles. The fourth-order valence-corrected chi connectivity index (χ4v) is 3.99. The molecule has 1 fully saturated rings. The zero-order valence-corrected chi connectivity index (χ0v) is 16.8. The molecule has 146 valence electrons. The van der Waals surface area contributed by atoms with Gasteiger partial charge in [-0.2, -0.15) is 0 Å². The van der Waals surface area contributed by atoms with Crippen LogP contribution in [0.2, 0.25) is 0 Å². The van der Waals surface area contributed by atoms with E-state index in [1.807, 2.05) is 6.92 Å². The Morgan fingerprint density at radius 2 is 2.08 bits per heavy atom. The summed E-state index contributed by atoms with van der Waals surface area (Å²) in [6, 6.07) is 3.62. The first-order valence-corrected chi connectivity index (χ1v) is 10.9. The fourth-order valence-electron chi connectivity index (χ4n) is 3.40. The van der Waals surface area contributed by atoms with Gasteiger partial charge in [0, 0.05) is 12.6 Å². The molecule has 8 heteroatoms. The molecule has 0 bridgehead atoms. The molecule has 0 saturated carbocycles. The second kappa shape index (κ2) is 8.73. The van der Waals surface area contributed by atoms with Crippen molar-refractivity contribution in [1.82, 2.24) is 10.2 Å². The largest absolute Gasteiger partial charge is 0.496 e. The zero-order valence-electron chi connectivity index (χ0n) is 16.0. The molecule has 26 heavy (non-hydrogen) atoms. The Hall–Kier alpha value is -1.80. The molecule has 0 radical (unpaired) electrons. The highest BCUT2D eigenvalue weighted by Crippen LogP contribution is 2.28. The van der Waals surface area contributed by atoms with E-state index >= 15 is 0 Å². The monoisotopic (exact) mass is 383 g/mol. The van der Waals surface area contributed by atoms with E-state index in [0.717, 1.165) is 37.8 Å². The third kappa shape index (κ3) is 5.11. The lowest BCUT2D eigenvalue weighted by molar-refractivity contribution is 0.0938. The highest BCUT2D eigenvalue weighted by atomic mass is 32.2. The number of hydrogen-bond donors (Lipinski definition) is 2. The van der Waals surface area contributed by atoms with Gasteiger partial charge < -0.3 is 10.1 Å². The maximum Gasteiger partial charge on any atom is 0.255 e. The summed E-state index contributed by atoms with van der Waals surface area (Å²) in [7, 11) is -1.93. The summed E-state index contributed by atoms with van der Waals surface area (Å²) >= 11 is 0. The van der Waals surface area contributed by atoms with Gasteiger partial charge in [-0.3, -0.25) is 14.4 Å². The number of amides is 1. The van der Waals surface area contributed by atoms with E-state index in [9.17, 15) is 13.2 Å². The molecule has 1 unspecified atom stereocenters. The lowest BCUT2D eigenvalue weighted by atomic mass is 10.0. The first kappa shape index (κ1) is 20.5. The van der Waals surface area contributed by atoms with Crippen LogP contribution in [0.5, 0.6) is 5.75 Å². The average molecular weight is 384 g/mol. The molecule has 7 nitrogen and oxygen atoms in total. The van der Waals surface area contributed by atoms with Crippen LogP contribution < -0.4 is 14.8 Å². The van der Waals surface area contributed by atoms with Crippen LogP contribution in [-0.4, -0.2) is 58.3 Å². The van der Waals surface area contributed by atoms with Crippen molar-refractivity contribution in [3.63, 3.8) is 0 Å². The number of carbonyl (C=O) groups is 1. The predicted molar refractivity (Wildman–Crippen MR) is 103 cm³/mol. The first-order chi connectivity index (χ1) is 12.3. The standard InChI is InChI=1S/C18H29N3O4S/c1-5-13-10-17(25-3)15(11-16(13)20-26(4,23)24)18(22)19-12-14-8-7-9-21(14)6-2/h10-11,14,20H,5-9,12H2,1-4H3,(H,19,22). The topological polar surface area (TPSA) is 87.7 Å². The van der Waals surface area contributed by atoms with Crippen LogP contribution in [0.1, 0.15) is 42.6 Å². The van der Waals surface area contributed by atoms with E-state index in [1.54, 1.807) is 12.1 Å². The Labute approximate surface area is 156 Å². The van der Waals surface area contributed by atoms with Gasteiger partial charge in [-0.05, 0) is 50.0 Å². The van der Waals surface area contributed by atoms with Gasteiger partial charge in [-0.15, -0.1) is 0 Å². The minimum absolute atomic E-state index is 0.260. The van der Waals surface area contributed by atoms with Crippen molar-refractivity contribution in [2.24, 2.45) is 0 Å². The molecular formula is C18H29N3O4S. The number of sulfonamides is 1. The number of rotatable bonds is 8. The summed E-state index contributed by atoms with van der Waals surface area (Å²) in [4.78, 5) is 15.1. The molecule has 2 rings (SSSR count). The summed E-state index contributed by atoms with van der Waals surface area (Å²) in [6.07, 6.45) is 3.92. The molecule has 1 atom stereocenters. The summed E-state index contributed by atoms with van der Waals surface area (Å²) < 4.78 is 31.1. The number of carbonyl (C=O) groups excluding carboxylic acids is 1. The van der Waals surface area contributed by atoms with Gasteiger partial charge in [-0.1, -0.05) is 13.8 Å². The number of nitrogens with zero attached hydrogens (tertiary/aromatic N) is 1. The van der Waals surface area contributed by atoms with Gasteiger partial charge >= 0.3 is 0 Å². The van der Waals surface area contributed by atoms with Crippen LogP contribution in [0.15, 0.2) is 12.1 Å². The summed E-state index contributed by atoms with van der Waals surface area (Å²) in [6.45, 7) is 6.64. The summed E-state index contributed by atoms with van der Waals surface area (Å²) in [5.74, 6) is 0.182. The number of nitrogens with one attached hydrogen (secondary N) is 2. The molecule has 0 aromatic heterocycles. The number of likely N-dealkylation sites (tertiary alicyclic amines) is 1. The maximum absolute atomic E-state index is 12.7. The van der Waals surface area contributed by atoms with E-state index in [2.05, 4.69) is 21.9 Å². The highest BCUT2D eigenvalue weighted by Gasteiger charge is 2.24. The molecule has 1 saturated heterocycles. The number of aryl methyl sites for hydroxylation is 1. The molecule has 1 aromatic carbocycles. The number of likely N-dealkylation sites (N-methyl/N-ethyl adjacent to an activating group) is 1. The molecule has 1 aliphatic heterocycles. The molecule has 1 heterocycles. The Morgan fingerprint density at radius 1 is 1.35 bits per heavy atom. The summed E-state index contributed by atoms with van der Waals surface area (Å²) in [5, 5.41) is 2.97. The van der Waals surface area contributed by atoms with Gasteiger partial charge in [0.05, 0.1) is 24.6 Å². The molecular weight excluding hydrogens is 354 g/mol. The molecule has 2 N–H and O–H groups in total. The van der Waals surface area contributed by atoms with Crippen LogP contribution in [0, 0.1) is 0 Å². The SMILES string of the molecule is CCc1cc(OC)c(C(=O)NCC2CCCN2CC)cc1NS(C)(=O)=O. The van der Waals surface area contributed by atoms with Crippen molar-refractivity contribution in [2.75, 3.05) is 37.7 Å². The molecule has 1 aliphatic rings. The van der Waals surface area contributed by atoms with Gasteiger partial charge in [0.25, 0.3) is 5.91 Å². The second-order valence-electron chi connectivity index (χ2n) is 6.57. The number of hydrogen-bond acceptors (Lipinski definition) is 5. The summed E-state index contributed by atoms with van der Waals surface area (Å²) in [5.41, 5.74) is 1.52. The lowest BCUT2D eigenvalue weighted by Gasteiger charge is -2.23. The van der Waals surface area contributed by atoms with Gasteiger partial charge in [0.2, 0.25) is 10.0 Å². The van der Waals surface area contributed by atoms with E-state index in [0.29, 0.717) is 36.0 Å². The zero-order chi connectivity index (χ0) is 19.3. The average Bonchev–Trinajstić information content (AvgIpc) is 3.05. The van der Waals surface area contributed by atoms with Crippen LogP contribution in [0.4, 0.5) is 5.69 Å². The van der Waals surface area contributed by atoms with Crippen LogP contribution in [0.3, 0.4) is 0 Å². The minimum Gasteiger partial charge on any atom is -0.496 e. The Balaban J connectivity index is 2.22. The normalized spacial score (nSPS) is 17.9. The van der Waals surface area contributed by atoms with E-state index < -0.39 is 10.0 Å². The van der Waals surface area contributed by atoms with Crippen molar-refractivity contribution in [1.29, 1.82) is 0 Å². The van der Waals surface area contributed by atoms with E-state index in [-0.39, 0.29) is 5.91 Å². The molecule has 0 spiro atoms. The number of benzene rings is 1. The predicted octanol–water partition coefficient (Wildman–Crippen LogP) is 1.84. The Morgan fingerprint density at radius 3 is 2.65 bits per heavy atom.